The van der Waals surface area contributed by atoms with Gasteiger partial charge in [0.15, 0.2) is 0 Å². The predicted octanol–water partition coefficient (Wildman–Crippen LogP) is 1.79. The zero-order valence-corrected chi connectivity index (χ0v) is 10.3. The summed E-state index contributed by atoms with van der Waals surface area (Å²) in [7, 11) is 0. The molecule has 3 nitrogen and oxygen atoms in total. The molecule has 2 N–H and O–H groups in total. The molecule has 0 heterocycles. The van der Waals surface area contributed by atoms with Gasteiger partial charge in [-0.3, -0.25) is 4.79 Å². The molecule has 3 heteroatoms. The molecule has 2 rings (SSSR count). The summed E-state index contributed by atoms with van der Waals surface area (Å²) in [6.07, 6.45) is 2.86. The van der Waals surface area contributed by atoms with E-state index in [2.05, 4.69) is 34.9 Å². The van der Waals surface area contributed by atoms with E-state index in [9.17, 15) is 4.79 Å². The first-order chi connectivity index (χ1) is 8.31. The molecule has 0 radical (unpaired) electrons. The standard InChI is InChI=1S/C14H20N2O/c1-2-15-14(17)9-10-16-13-8-7-11-5-3-4-6-12(11)13/h3-6,13,16H,2,7-10H2,1H3,(H,15,17). The normalized spacial score (nSPS) is 17.8. The summed E-state index contributed by atoms with van der Waals surface area (Å²) < 4.78 is 0. The molecule has 1 atom stereocenters. The van der Waals surface area contributed by atoms with Crippen LogP contribution in [0.5, 0.6) is 0 Å². The molecule has 0 spiro atoms. The van der Waals surface area contributed by atoms with Crippen LogP contribution in [0.25, 0.3) is 0 Å². The molecule has 0 saturated carbocycles. The van der Waals surface area contributed by atoms with Gasteiger partial charge in [-0.2, -0.15) is 0 Å². The minimum atomic E-state index is 0.131. The van der Waals surface area contributed by atoms with Crippen LogP contribution in [0, 0.1) is 0 Å². The zero-order valence-electron chi connectivity index (χ0n) is 10.3. The number of hydrogen-bond acceptors (Lipinski definition) is 2. The maximum absolute atomic E-state index is 11.3. The Balaban J connectivity index is 1.80. The van der Waals surface area contributed by atoms with Gasteiger partial charge in [-0.25, -0.2) is 0 Å². The second kappa shape index (κ2) is 5.82. The molecule has 1 aromatic carbocycles. The van der Waals surface area contributed by atoms with E-state index >= 15 is 0 Å². The van der Waals surface area contributed by atoms with Crippen molar-refractivity contribution in [3.05, 3.63) is 35.4 Å². The van der Waals surface area contributed by atoms with E-state index in [1.807, 2.05) is 6.92 Å². The Morgan fingerprint density at radius 3 is 3.06 bits per heavy atom. The van der Waals surface area contributed by atoms with E-state index in [4.69, 9.17) is 0 Å². The third-order valence-corrected chi connectivity index (χ3v) is 3.25. The summed E-state index contributed by atoms with van der Waals surface area (Å²) >= 11 is 0. The Kier molecular flexibility index (Phi) is 4.15. The fourth-order valence-corrected chi connectivity index (χ4v) is 2.41. The highest BCUT2D eigenvalue weighted by Crippen LogP contribution is 2.30. The lowest BCUT2D eigenvalue weighted by Crippen LogP contribution is -2.28. The molecule has 0 fully saturated rings. The molecular formula is C14H20N2O. The predicted molar refractivity (Wildman–Crippen MR) is 68.8 cm³/mol. The fourth-order valence-electron chi connectivity index (χ4n) is 2.41. The number of nitrogens with one attached hydrogen (secondary N) is 2. The Morgan fingerprint density at radius 2 is 2.24 bits per heavy atom. The van der Waals surface area contributed by atoms with Crippen LogP contribution in [0.4, 0.5) is 0 Å². The lowest BCUT2D eigenvalue weighted by Gasteiger charge is -2.13. The molecule has 1 amide bonds. The van der Waals surface area contributed by atoms with Gasteiger partial charge in [0.25, 0.3) is 0 Å². The van der Waals surface area contributed by atoms with Gasteiger partial charge < -0.3 is 10.6 Å². The first kappa shape index (κ1) is 12.1. The summed E-state index contributed by atoms with van der Waals surface area (Å²) in [5, 5.41) is 6.28. The van der Waals surface area contributed by atoms with E-state index in [-0.39, 0.29) is 5.91 Å². The van der Waals surface area contributed by atoms with Gasteiger partial charge in [0.1, 0.15) is 0 Å². The van der Waals surface area contributed by atoms with Crippen molar-refractivity contribution in [2.24, 2.45) is 0 Å². The third kappa shape index (κ3) is 3.07. The Hall–Kier alpha value is -1.35. The van der Waals surface area contributed by atoms with Gasteiger partial charge in [-0.1, -0.05) is 24.3 Å². The quantitative estimate of drug-likeness (QED) is 0.812. The highest BCUT2D eigenvalue weighted by molar-refractivity contribution is 5.75. The minimum absolute atomic E-state index is 0.131. The Bertz CT molecular complexity index is 390. The van der Waals surface area contributed by atoms with Crippen LogP contribution < -0.4 is 10.6 Å². The Labute approximate surface area is 103 Å². The zero-order chi connectivity index (χ0) is 12.1. The molecule has 1 aliphatic carbocycles. The maximum atomic E-state index is 11.3. The minimum Gasteiger partial charge on any atom is -0.356 e. The first-order valence-electron chi connectivity index (χ1n) is 6.39. The number of amides is 1. The van der Waals surface area contributed by atoms with Crippen LogP contribution in [0.15, 0.2) is 24.3 Å². The summed E-state index contributed by atoms with van der Waals surface area (Å²) in [5.41, 5.74) is 2.85. The van der Waals surface area contributed by atoms with Gasteiger partial charge in [0.2, 0.25) is 5.91 Å². The molecule has 1 aliphatic rings. The number of carbonyl (C=O) groups excluding carboxylic acids is 1. The number of hydrogen-bond donors (Lipinski definition) is 2. The van der Waals surface area contributed by atoms with Crippen molar-refractivity contribution in [3.8, 4) is 0 Å². The number of carbonyl (C=O) groups is 1. The molecule has 0 saturated heterocycles. The van der Waals surface area contributed by atoms with Crippen LogP contribution >= 0.6 is 0 Å². The largest absolute Gasteiger partial charge is 0.356 e. The van der Waals surface area contributed by atoms with Gasteiger partial charge in [-0.15, -0.1) is 0 Å². The van der Waals surface area contributed by atoms with Gasteiger partial charge in [0, 0.05) is 25.6 Å². The second-order valence-electron chi connectivity index (χ2n) is 4.45. The lowest BCUT2D eigenvalue weighted by molar-refractivity contribution is -0.120. The van der Waals surface area contributed by atoms with Crippen molar-refractivity contribution in [1.29, 1.82) is 0 Å². The lowest BCUT2D eigenvalue weighted by atomic mass is 10.1. The fraction of sp³-hybridized carbons (Fsp3) is 0.500. The second-order valence-corrected chi connectivity index (χ2v) is 4.45. The number of rotatable bonds is 5. The van der Waals surface area contributed by atoms with Crippen LogP contribution in [0.3, 0.4) is 0 Å². The molecule has 0 bridgehead atoms. The van der Waals surface area contributed by atoms with Crippen LogP contribution in [-0.2, 0) is 11.2 Å². The van der Waals surface area contributed by atoms with Crippen LogP contribution in [0.2, 0.25) is 0 Å². The van der Waals surface area contributed by atoms with E-state index in [0.717, 1.165) is 19.4 Å². The summed E-state index contributed by atoms with van der Waals surface area (Å²) in [5.74, 6) is 0.131. The summed E-state index contributed by atoms with van der Waals surface area (Å²) in [6.45, 7) is 3.41. The highest BCUT2D eigenvalue weighted by Gasteiger charge is 2.20. The SMILES string of the molecule is CCNC(=O)CCNC1CCc2ccccc21. The van der Waals surface area contributed by atoms with Crippen molar-refractivity contribution in [2.45, 2.75) is 32.2 Å². The van der Waals surface area contributed by atoms with Gasteiger partial charge in [0.05, 0.1) is 0 Å². The monoisotopic (exact) mass is 232 g/mol. The van der Waals surface area contributed by atoms with Crippen molar-refractivity contribution in [1.82, 2.24) is 10.6 Å². The van der Waals surface area contributed by atoms with Crippen molar-refractivity contribution in [2.75, 3.05) is 13.1 Å². The molecule has 1 unspecified atom stereocenters. The van der Waals surface area contributed by atoms with E-state index in [0.29, 0.717) is 19.0 Å². The average molecular weight is 232 g/mol. The average Bonchev–Trinajstić information content (AvgIpc) is 2.73. The summed E-state index contributed by atoms with van der Waals surface area (Å²) in [4.78, 5) is 11.3. The van der Waals surface area contributed by atoms with E-state index in [1.165, 1.54) is 11.1 Å². The molecule has 1 aromatic rings. The maximum Gasteiger partial charge on any atom is 0.221 e. The Morgan fingerprint density at radius 1 is 1.41 bits per heavy atom. The van der Waals surface area contributed by atoms with Crippen molar-refractivity contribution < 1.29 is 4.79 Å². The molecular weight excluding hydrogens is 212 g/mol. The number of fused-ring (bicyclic) bond motifs is 1. The van der Waals surface area contributed by atoms with E-state index < -0.39 is 0 Å². The van der Waals surface area contributed by atoms with Gasteiger partial charge in [-0.05, 0) is 30.9 Å². The van der Waals surface area contributed by atoms with Crippen molar-refractivity contribution in [3.63, 3.8) is 0 Å². The third-order valence-electron chi connectivity index (χ3n) is 3.25. The number of aryl methyl sites for hydroxylation is 1. The smallest absolute Gasteiger partial charge is 0.221 e. The molecule has 17 heavy (non-hydrogen) atoms. The topological polar surface area (TPSA) is 41.1 Å². The van der Waals surface area contributed by atoms with Crippen LogP contribution in [0.1, 0.15) is 36.9 Å². The van der Waals surface area contributed by atoms with E-state index in [1.54, 1.807) is 0 Å². The summed E-state index contributed by atoms with van der Waals surface area (Å²) in [6, 6.07) is 8.99. The highest BCUT2D eigenvalue weighted by atomic mass is 16.1. The molecule has 0 aliphatic heterocycles. The van der Waals surface area contributed by atoms with Gasteiger partial charge >= 0.3 is 0 Å². The number of benzene rings is 1. The van der Waals surface area contributed by atoms with Crippen molar-refractivity contribution >= 4 is 5.91 Å². The molecule has 0 aromatic heterocycles. The van der Waals surface area contributed by atoms with Crippen LogP contribution in [-0.4, -0.2) is 19.0 Å². The molecule has 92 valence electrons. The first-order valence-corrected chi connectivity index (χ1v) is 6.39.